The van der Waals surface area contributed by atoms with Gasteiger partial charge in [-0.05, 0) is 56.3 Å². The molecule has 6 rings (SSSR count). The van der Waals surface area contributed by atoms with E-state index in [4.69, 9.17) is 4.74 Å². The van der Waals surface area contributed by atoms with Crippen molar-refractivity contribution in [3.63, 3.8) is 0 Å². The standard InChI is InChI=1S/C28H19F3O3S/c1-34-19-13-10-18(11-14-19)26-24(35(32,33)28(29,30)31)16-27(26)22-9-5-4-8-21(22)25-20-7-3-2-6-17(20)12-15-23(25)27/h2-15H,16H2,1H3. The molecule has 0 saturated carbocycles. The van der Waals surface area contributed by atoms with Gasteiger partial charge in [0, 0.05) is 6.42 Å². The van der Waals surface area contributed by atoms with Crippen LogP contribution in [0.5, 0.6) is 5.75 Å². The predicted molar refractivity (Wildman–Crippen MR) is 130 cm³/mol. The molecule has 4 aromatic rings. The second kappa shape index (κ2) is 7.21. The maximum absolute atomic E-state index is 13.7. The first-order chi connectivity index (χ1) is 16.7. The van der Waals surface area contributed by atoms with Gasteiger partial charge in [-0.1, -0.05) is 72.8 Å². The van der Waals surface area contributed by atoms with Gasteiger partial charge in [-0.3, -0.25) is 0 Å². The Hall–Kier alpha value is -3.58. The first-order valence-electron chi connectivity index (χ1n) is 11.0. The molecule has 2 aliphatic rings. The highest BCUT2D eigenvalue weighted by Gasteiger charge is 2.61. The Bertz CT molecular complexity index is 1650. The summed E-state index contributed by atoms with van der Waals surface area (Å²) >= 11 is 0. The van der Waals surface area contributed by atoms with Gasteiger partial charge >= 0.3 is 5.51 Å². The molecule has 0 amide bonds. The zero-order chi connectivity index (χ0) is 24.6. The number of hydrogen-bond donors (Lipinski definition) is 0. The van der Waals surface area contributed by atoms with Crippen LogP contribution in [0.15, 0.2) is 89.8 Å². The minimum Gasteiger partial charge on any atom is -0.497 e. The van der Waals surface area contributed by atoms with Crippen LogP contribution in [0.3, 0.4) is 0 Å². The molecule has 0 aromatic heterocycles. The number of rotatable bonds is 3. The zero-order valence-electron chi connectivity index (χ0n) is 18.6. The number of alkyl halides is 3. The number of halogens is 3. The van der Waals surface area contributed by atoms with Crippen molar-refractivity contribution in [2.45, 2.75) is 17.3 Å². The van der Waals surface area contributed by atoms with Crippen LogP contribution in [0, 0.1) is 0 Å². The van der Waals surface area contributed by atoms with Crippen LogP contribution in [0.4, 0.5) is 13.2 Å². The van der Waals surface area contributed by atoms with Crippen LogP contribution in [-0.4, -0.2) is 21.0 Å². The lowest BCUT2D eigenvalue weighted by Gasteiger charge is -2.45. The highest BCUT2D eigenvalue weighted by Crippen LogP contribution is 2.67. The van der Waals surface area contributed by atoms with Crippen molar-refractivity contribution in [3.8, 4) is 16.9 Å². The van der Waals surface area contributed by atoms with Crippen molar-refractivity contribution in [1.82, 2.24) is 0 Å². The highest BCUT2D eigenvalue weighted by molar-refractivity contribution is 7.96. The van der Waals surface area contributed by atoms with E-state index in [1.807, 2.05) is 60.7 Å². The summed E-state index contributed by atoms with van der Waals surface area (Å²) in [6.45, 7) is 0. The lowest BCUT2D eigenvalue weighted by Crippen LogP contribution is -2.42. The first kappa shape index (κ1) is 21.9. The van der Waals surface area contributed by atoms with Gasteiger partial charge in [0.05, 0.1) is 17.4 Å². The molecule has 4 aromatic carbocycles. The quantitative estimate of drug-likeness (QED) is 0.314. The van der Waals surface area contributed by atoms with Crippen molar-refractivity contribution < 1.29 is 26.3 Å². The smallest absolute Gasteiger partial charge is 0.497 e. The van der Waals surface area contributed by atoms with Gasteiger partial charge in [-0.15, -0.1) is 0 Å². The predicted octanol–water partition coefficient (Wildman–Crippen LogP) is 6.86. The number of methoxy groups -OCH3 is 1. The summed E-state index contributed by atoms with van der Waals surface area (Å²) in [5, 5.41) is 1.99. The Labute approximate surface area is 200 Å². The maximum Gasteiger partial charge on any atom is 0.501 e. The minimum atomic E-state index is -5.52. The summed E-state index contributed by atoms with van der Waals surface area (Å²) in [6, 6.07) is 25.8. The number of hydrogen-bond acceptors (Lipinski definition) is 3. The van der Waals surface area contributed by atoms with E-state index in [1.54, 1.807) is 24.3 Å². The Morgan fingerprint density at radius 3 is 2.23 bits per heavy atom. The van der Waals surface area contributed by atoms with Crippen molar-refractivity contribution in [2.75, 3.05) is 7.11 Å². The molecule has 0 fully saturated rings. The summed E-state index contributed by atoms with van der Waals surface area (Å²) in [6.07, 6.45) is -0.251. The average molecular weight is 493 g/mol. The van der Waals surface area contributed by atoms with Crippen molar-refractivity contribution in [2.24, 2.45) is 0 Å². The molecule has 3 nitrogen and oxygen atoms in total. The van der Waals surface area contributed by atoms with Crippen LogP contribution >= 0.6 is 0 Å². The molecule has 0 N–H and O–H groups in total. The summed E-state index contributed by atoms with van der Waals surface area (Å²) in [5.74, 6) is 0.529. The number of benzene rings is 4. The van der Waals surface area contributed by atoms with Crippen molar-refractivity contribution in [1.29, 1.82) is 0 Å². The fourth-order valence-electron chi connectivity index (χ4n) is 5.68. The molecule has 1 unspecified atom stereocenters. The maximum atomic E-state index is 13.7. The summed E-state index contributed by atoms with van der Waals surface area (Å²) in [4.78, 5) is -0.578. The molecular weight excluding hydrogens is 473 g/mol. The minimum absolute atomic E-state index is 0.180. The third-order valence-electron chi connectivity index (χ3n) is 7.18. The molecule has 2 aliphatic carbocycles. The number of fused-ring (bicyclic) bond motifs is 7. The molecule has 1 spiro atoms. The summed E-state index contributed by atoms with van der Waals surface area (Å²) in [5.41, 5.74) is -2.29. The molecule has 0 aliphatic heterocycles. The topological polar surface area (TPSA) is 43.4 Å². The van der Waals surface area contributed by atoms with Gasteiger partial charge < -0.3 is 4.74 Å². The fourth-order valence-corrected chi connectivity index (χ4v) is 6.93. The summed E-state index contributed by atoms with van der Waals surface area (Å²) in [7, 11) is -4.02. The van der Waals surface area contributed by atoms with Gasteiger partial charge in [0.25, 0.3) is 9.84 Å². The molecule has 176 valence electrons. The lowest BCUT2D eigenvalue weighted by atomic mass is 9.60. The molecule has 0 radical (unpaired) electrons. The van der Waals surface area contributed by atoms with E-state index in [0.29, 0.717) is 11.3 Å². The van der Waals surface area contributed by atoms with Crippen LogP contribution in [0.2, 0.25) is 0 Å². The second-order valence-electron chi connectivity index (χ2n) is 8.81. The number of sulfone groups is 1. The fraction of sp³-hybridized carbons (Fsp3) is 0.143. The van der Waals surface area contributed by atoms with Gasteiger partial charge in [-0.2, -0.15) is 13.2 Å². The summed E-state index contributed by atoms with van der Waals surface area (Å²) < 4.78 is 71.9. The van der Waals surface area contributed by atoms with Crippen LogP contribution in [0.25, 0.3) is 27.5 Å². The monoisotopic (exact) mass is 492 g/mol. The van der Waals surface area contributed by atoms with E-state index in [1.165, 1.54) is 7.11 Å². The van der Waals surface area contributed by atoms with Crippen molar-refractivity contribution in [3.05, 3.63) is 107 Å². The van der Waals surface area contributed by atoms with Crippen molar-refractivity contribution >= 4 is 26.2 Å². The van der Waals surface area contributed by atoms with Crippen LogP contribution < -0.4 is 4.74 Å². The van der Waals surface area contributed by atoms with E-state index in [0.717, 1.165) is 33.0 Å². The molecule has 0 heterocycles. The lowest BCUT2D eigenvalue weighted by molar-refractivity contribution is -0.0428. The molecule has 35 heavy (non-hydrogen) atoms. The third-order valence-corrected chi connectivity index (χ3v) is 8.79. The van der Waals surface area contributed by atoms with E-state index < -0.39 is 25.7 Å². The van der Waals surface area contributed by atoms with E-state index in [2.05, 4.69) is 0 Å². The average Bonchev–Trinajstić information content (AvgIpc) is 3.14. The van der Waals surface area contributed by atoms with Gasteiger partial charge in [0.2, 0.25) is 0 Å². The molecular formula is C28H19F3O3S. The normalized spacial score (nSPS) is 19.0. The molecule has 7 heteroatoms. The van der Waals surface area contributed by atoms with E-state index in [9.17, 15) is 21.6 Å². The van der Waals surface area contributed by atoms with Gasteiger partial charge in [0.1, 0.15) is 5.75 Å². The Kier molecular flexibility index (Phi) is 4.52. The van der Waals surface area contributed by atoms with Crippen LogP contribution in [-0.2, 0) is 15.3 Å². The van der Waals surface area contributed by atoms with Crippen LogP contribution in [0.1, 0.15) is 23.1 Å². The number of ether oxygens (including phenoxy) is 1. The SMILES string of the molecule is COc1ccc(C2=C(S(=O)(=O)C(F)(F)F)CC23c2ccccc2-c2c3ccc3ccccc23)cc1. The third kappa shape index (κ3) is 2.82. The molecule has 0 saturated heterocycles. The Morgan fingerprint density at radius 1 is 0.829 bits per heavy atom. The Balaban J connectivity index is 1.72. The number of allylic oxidation sites excluding steroid dienone is 2. The zero-order valence-corrected chi connectivity index (χ0v) is 19.4. The van der Waals surface area contributed by atoms with E-state index in [-0.39, 0.29) is 12.0 Å². The molecule has 0 bridgehead atoms. The van der Waals surface area contributed by atoms with Gasteiger partial charge in [-0.25, -0.2) is 8.42 Å². The van der Waals surface area contributed by atoms with Gasteiger partial charge in [0.15, 0.2) is 0 Å². The second-order valence-corrected chi connectivity index (χ2v) is 10.8. The first-order valence-corrected chi connectivity index (χ1v) is 12.5. The van der Waals surface area contributed by atoms with E-state index >= 15 is 0 Å². The highest BCUT2D eigenvalue weighted by atomic mass is 32.2. The largest absolute Gasteiger partial charge is 0.501 e. The Morgan fingerprint density at radius 2 is 1.51 bits per heavy atom. The molecule has 1 atom stereocenters.